The molecule has 0 aromatic carbocycles. The van der Waals surface area contributed by atoms with Crippen molar-refractivity contribution in [1.29, 1.82) is 0 Å². The molecule has 0 aliphatic rings. The monoisotopic (exact) mass is 804 g/mol. The zero-order valence-electron chi connectivity index (χ0n) is 34.4. The number of hydrogen-bond acceptors (Lipinski definition) is 9. The molecule has 10 nitrogen and oxygen atoms in total. The van der Waals surface area contributed by atoms with Crippen LogP contribution in [0.5, 0.6) is 0 Å². The van der Waals surface area contributed by atoms with Crippen LogP contribution >= 0.6 is 7.82 Å². The van der Waals surface area contributed by atoms with Gasteiger partial charge in [-0.3, -0.25) is 18.6 Å². The van der Waals surface area contributed by atoms with Crippen LogP contribution in [0, 0.1) is 0 Å². The highest BCUT2D eigenvalue weighted by molar-refractivity contribution is 7.47. The Bertz CT molecular complexity index is 1250. The second-order valence-corrected chi connectivity index (χ2v) is 14.8. The van der Waals surface area contributed by atoms with Gasteiger partial charge in [0.25, 0.3) is 0 Å². The van der Waals surface area contributed by atoms with Crippen molar-refractivity contribution in [2.45, 2.75) is 148 Å². The van der Waals surface area contributed by atoms with E-state index in [4.69, 9.17) is 24.3 Å². The van der Waals surface area contributed by atoms with Crippen LogP contribution in [-0.4, -0.2) is 60.5 Å². The second-order valence-electron chi connectivity index (χ2n) is 13.3. The van der Waals surface area contributed by atoms with Crippen molar-refractivity contribution < 1.29 is 42.7 Å². The molecule has 0 aliphatic carbocycles. The molecule has 0 radical (unpaired) electrons. The molecule has 0 heterocycles. The first-order chi connectivity index (χ1) is 27.2. The van der Waals surface area contributed by atoms with E-state index < -0.39 is 38.6 Å². The third kappa shape index (κ3) is 39.1. The van der Waals surface area contributed by atoms with Crippen molar-refractivity contribution >= 4 is 19.8 Å². The minimum absolute atomic E-state index is 0.0221. The smallest absolute Gasteiger partial charge is 0.462 e. The van der Waals surface area contributed by atoms with E-state index in [0.29, 0.717) is 38.5 Å². The van der Waals surface area contributed by atoms with Crippen molar-refractivity contribution in [2.24, 2.45) is 5.73 Å². The lowest BCUT2D eigenvalue weighted by Crippen LogP contribution is -2.29. The average Bonchev–Trinajstić information content (AvgIpc) is 3.18. The Balaban J connectivity index is 4.46. The van der Waals surface area contributed by atoms with E-state index >= 15 is 0 Å². The van der Waals surface area contributed by atoms with Crippen LogP contribution in [0.2, 0.25) is 0 Å². The normalized spacial score (nSPS) is 14.9. The van der Waals surface area contributed by atoms with Gasteiger partial charge in [-0.15, -0.1) is 0 Å². The lowest BCUT2D eigenvalue weighted by molar-refractivity contribution is -0.161. The van der Waals surface area contributed by atoms with E-state index in [-0.39, 0.29) is 32.6 Å². The highest BCUT2D eigenvalue weighted by atomic mass is 31.2. The maximum Gasteiger partial charge on any atom is 0.472 e. The third-order valence-electron chi connectivity index (χ3n) is 8.02. The number of aliphatic hydroxyl groups excluding tert-OH is 1. The van der Waals surface area contributed by atoms with Gasteiger partial charge in [-0.05, 0) is 83.5 Å². The van der Waals surface area contributed by atoms with E-state index in [1.807, 2.05) is 42.5 Å². The van der Waals surface area contributed by atoms with Crippen LogP contribution in [0.15, 0.2) is 97.2 Å². The van der Waals surface area contributed by atoms with Crippen LogP contribution in [0.25, 0.3) is 0 Å². The van der Waals surface area contributed by atoms with Crippen molar-refractivity contribution in [3.05, 3.63) is 97.2 Å². The SMILES string of the molecule is CCCCC/C=C\C/C=C\C/C=C\C/C=C\CCCC(=O)OC[C@H](COP(=O)(O)OCCN)OC(=O)CCC/C=C\C/C=C\C=C\[C@@H](O)C/C=C\CCCCC. The predicted octanol–water partition coefficient (Wildman–Crippen LogP) is 10.8. The van der Waals surface area contributed by atoms with Crippen molar-refractivity contribution in [2.75, 3.05) is 26.4 Å². The van der Waals surface area contributed by atoms with Crippen LogP contribution in [0.4, 0.5) is 0 Å². The van der Waals surface area contributed by atoms with Crippen LogP contribution in [0.1, 0.15) is 136 Å². The summed E-state index contributed by atoms with van der Waals surface area (Å²) in [6.45, 7) is 3.42. The van der Waals surface area contributed by atoms with Crippen molar-refractivity contribution in [3.63, 3.8) is 0 Å². The molecule has 3 atom stereocenters. The summed E-state index contributed by atoms with van der Waals surface area (Å²) in [7, 11) is -4.42. The molecule has 0 rings (SSSR count). The topological polar surface area (TPSA) is 155 Å². The quantitative estimate of drug-likeness (QED) is 0.0182. The summed E-state index contributed by atoms with van der Waals surface area (Å²) in [4.78, 5) is 34.8. The fraction of sp³-hybridized carbons (Fsp3) is 0.600. The molecule has 11 heteroatoms. The Morgan fingerprint density at radius 2 is 1.12 bits per heavy atom. The van der Waals surface area contributed by atoms with E-state index in [1.165, 1.54) is 38.5 Å². The molecule has 4 N–H and O–H groups in total. The van der Waals surface area contributed by atoms with Gasteiger partial charge in [-0.1, -0.05) is 137 Å². The first-order valence-corrected chi connectivity index (χ1v) is 22.3. The number of nitrogens with two attached hydrogens (primary N) is 1. The number of carbonyl (C=O) groups is 2. The van der Waals surface area contributed by atoms with Gasteiger partial charge in [0.15, 0.2) is 6.10 Å². The number of phosphoric acid groups is 1. The van der Waals surface area contributed by atoms with E-state index in [0.717, 1.165) is 32.1 Å². The Morgan fingerprint density at radius 3 is 1.68 bits per heavy atom. The standard InChI is InChI=1S/C45H74NO9P/c1-3-5-7-9-11-12-13-14-15-16-17-18-19-20-24-28-32-36-44(48)52-40-43(41-54-56(50,51)53-39-38-46)55-45(49)37-33-29-25-22-21-23-27-31-35-42(47)34-30-26-10-8-6-4-2/h11-12,14-15,17-18,20,22-27,30-31,35,42-43,47H,3-10,13,16,19,21,28-29,32-34,36-41,46H2,1-2H3,(H,50,51)/b12-11-,15-14-,18-17-,24-20-,25-22-,27-23-,30-26-,35-31+/t42-,43+/m0/s1. The van der Waals surface area contributed by atoms with Gasteiger partial charge in [0, 0.05) is 19.4 Å². The minimum Gasteiger partial charge on any atom is -0.462 e. The number of carbonyl (C=O) groups excluding carboxylic acids is 2. The molecule has 1 unspecified atom stereocenters. The zero-order chi connectivity index (χ0) is 41.2. The molecule has 0 aromatic heterocycles. The molecule has 0 bridgehead atoms. The highest BCUT2D eigenvalue weighted by Crippen LogP contribution is 2.43. The number of hydrogen-bond donors (Lipinski definition) is 3. The summed E-state index contributed by atoms with van der Waals surface area (Å²) in [5, 5.41) is 10.0. The van der Waals surface area contributed by atoms with Gasteiger partial charge in [0.05, 0.1) is 19.3 Å². The van der Waals surface area contributed by atoms with Gasteiger partial charge < -0.3 is 25.2 Å². The molecule has 0 amide bonds. The number of allylic oxidation sites excluding steroid dienone is 14. The summed E-state index contributed by atoms with van der Waals surface area (Å²) in [6.07, 6.45) is 47.6. The minimum atomic E-state index is -4.42. The van der Waals surface area contributed by atoms with E-state index in [1.54, 1.807) is 6.08 Å². The van der Waals surface area contributed by atoms with Crippen LogP contribution in [0.3, 0.4) is 0 Å². The molecule has 0 saturated carbocycles. The molecule has 0 aliphatic heterocycles. The maximum absolute atomic E-state index is 12.5. The molecule has 0 fully saturated rings. The summed E-state index contributed by atoms with van der Waals surface area (Å²) >= 11 is 0. The largest absolute Gasteiger partial charge is 0.472 e. The summed E-state index contributed by atoms with van der Waals surface area (Å²) < 4.78 is 32.6. The van der Waals surface area contributed by atoms with Crippen LogP contribution in [-0.2, 0) is 32.7 Å². The van der Waals surface area contributed by atoms with Gasteiger partial charge in [-0.25, -0.2) is 4.57 Å². The van der Waals surface area contributed by atoms with Gasteiger partial charge in [0.1, 0.15) is 6.61 Å². The molecular weight excluding hydrogens is 729 g/mol. The van der Waals surface area contributed by atoms with Gasteiger partial charge >= 0.3 is 19.8 Å². The lowest BCUT2D eigenvalue weighted by Gasteiger charge is -2.19. The predicted molar refractivity (Wildman–Crippen MR) is 230 cm³/mol. The zero-order valence-corrected chi connectivity index (χ0v) is 35.3. The number of aliphatic hydroxyl groups is 1. The summed E-state index contributed by atoms with van der Waals surface area (Å²) in [5.74, 6) is -1.01. The molecule has 0 aromatic rings. The fourth-order valence-electron chi connectivity index (χ4n) is 4.88. The third-order valence-corrected chi connectivity index (χ3v) is 9.01. The molecule has 0 saturated heterocycles. The van der Waals surface area contributed by atoms with E-state index in [9.17, 15) is 24.2 Å². The number of unbranched alkanes of at least 4 members (excludes halogenated alkanes) is 8. The second kappa shape index (κ2) is 40.1. The number of esters is 2. The summed E-state index contributed by atoms with van der Waals surface area (Å²) in [6, 6.07) is 0. The molecule has 56 heavy (non-hydrogen) atoms. The Labute approximate surface area is 339 Å². The fourth-order valence-corrected chi connectivity index (χ4v) is 5.64. The maximum atomic E-state index is 12.5. The lowest BCUT2D eigenvalue weighted by atomic mass is 10.1. The Hall–Kier alpha value is -3.11. The number of rotatable bonds is 37. The number of phosphoric ester groups is 1. The summed E-state index contributed by atoms with van der Waals surface area (Å²) in [5.41, 5.74) is 5.33. The van der Waals surface area contributed by atoms with E-state index in [2.05, 4.69) is 62.5 Å². The van der Waals surface area contributed by atoms with Crippen molar-refractivity contribution in [3.8, 4) is 0 Å². The van der Waals surface area contributed by atoms with Crippen LogP contribution < -0.4 is 5.73 Å². The Morgan fingerprint density at radius 1 is 0.625 bits per heavy atom. The first kappa shape index (κ1) is 52.9. The van der Waals surface area contributed by atoms with Crippen molar-refractivity contribution in [1.82, 2.24) is 0 Å². The highest BCUT2D eigenvalue weighted by Gasteiger charge is 2.25. The van der Waals surface area contributed by atoms with Gasteiger partial charge in [0.2, 0.25) is 0 Å². The first-order valence-electron chi connectivity index (χ1n) is 20.8. The molecule has 0 spiro atoms. The average molecular weight is 804 g/mol. The Kier molecular flexibility index (Phi) is 37.9. The molecular formula is C45H74NO9P. The number of ether oxygens (including phenoxy) is 2. The van der Waals surface area contributed by atoms with Gasteiger partial charge in [-0.2, -0.15) is 0 Å². The molecule has 318 valence electrons.